The molecule has 0 fully saturated rings. The number of benzene rings is 1. The summed E-state index contributed by atoms with van der Waals surface area (Å²) in [5.74, 6) is 1.40. The van der Waals surface area contributed by atoms with E-state index in [-0.39, 0.29) is 5.82 Å². The molecule has 112 valence electrons. The van der Waals surface area contributed by atoms with Crippen LogP contribution in [0.1, 0.15) is 25.3 Å². The number of hydrogen-bond donors (Lipinski definition) is 2. The average molecular weight is 288 g/mol. The lowest BCUT2D eigenvalue weighted by Gasteiger charge is -2.08. The van der Waals surface area contributed by atoms with Gasteiger partial charge in [0.25, 0.3) is 0 Å². The highest BCUT2D eigenvalue weighted by Crippen LogP contribution is 2.10. The highest BCUT2D eigenvalue weighted by molar-refractivity contribution is 5.46. The zero-order valence-corrected chi connectivity index (χ0v) is 12.3. The van der Waals surface area contributed by atoms with Crippen LogP contribution in [0, 0.1) is 5.82 Å². The minimum absolute atomic E-state index is 0.163. The van der Waals surface area contributed by atoms with Gasteiger partial charge in [-0.2, -0.15) is 0 Å². The fourth-order valence-corrected chi connectivity index (χ4v) is 1.97. The van der Waals surface area contributed by atoms with Gasteiger partial charge in [0.15, 0.2) is 0 Å². The number of nitrogens with zero attached hydrogens (tertiary/aromatic N) is 2. The Hall–Kier alpha value is -2.17. The van der Waals surface area contributed by atoms with Gasteiger partial charge in [0.2, 0.25) is 0 Å². The number of hydrogen-bond acceptors (Lipinski definition) is 4. The first-order valence-corrected chi connectivity index (χ1v) is 7.33. The summed E-state index contributed by atoms with van der Waals surface area (Å²) in [6, 6.07) is 8.70. The van der Waals surface area contributed by atoms with Crippen molar-refractivity contribution in [2.24, 2.45) is 0 Å². The number of nitrogens with one attached hydrogen (secondary N) is 2. The molecule has 1 aromatic carbocycles. The normalized spacial score (nSPS) is 10.4. The van der Waals surface area contributed by atoms with E-state index in [4.69, 9.17) is 0 Å². The topological polar surface area (TPSA) is 49.8 Å². The molecule has 0 saturated carbocycles. The zero-order chi connectivity index (χ0) is 14.9. The van der Waals surface area contributed by atoms with E-state index in [9.17, 15) is 4.39 Å². The molecule has 2 aromatic rings. The van der Waals surface area contributed by atoms with E-state index in [2.05, 4.69) is 27.5 Å². The molecule has 0 aliphatic heterocycles. The molecule has 1 heterocycles. The minimum Gasteiger partial charge on any atom is -0.370 e. The van der Waals surface area contributed by atoms with Gasteiger partial charge in [-0.05, 0) is 24.5 Å². The van der Waals surface area contributed by atoms with Crippen molar-refractivity contribution in [1.29, 1.82) is 0 Å². The average Bonchev–Trinajstić information content (AvgIpc) is 2.50. The number of unbranched alkanes of at least 4 members (excludes halogenated alkanes) is 1. The largest absolute Gasteiger partial charge is 0.370 e. The van der Waals surface area contributed by atoms with Gasteiger partial charge in [0.1, 0.15) is 23.8 Å². The lowest BCUT2D eigenvalue weighted by Crippen LogP contribution is -2.09. The molecule has 2 N–H and O–H groups in total. The third-order valence-electron chi connectivity index (χ3n) is 3.16. The van der Waals surface area contributed by atoms with E-state index in [0.29, 0.717) is 18.5 Å². The Kier molecular flexibility index (Phi) is 5.94. The van der Waals surface area contributed by atoms with Gasteiger partial charge in [-0.1, -0.05) is 31.5 Å². The van der Waals surface area contributed by atoms with Crippen LogP contribution in [0.3, 0.4) is 0 Å². The first-order valence-electron chi connectivity index (χ1n) is 7.33. The van der Waals surface area contributed by atoms with Crippen molar-refractivity contribution in [3.63, 3.8) is 0 Å². The van der Waals surface area contributed by atoms with Crippen LogP contribution in [-0.2, 0) is 6.42 Å². The van der Waals surface area contributed by atoms with Gasteiger partial charge in [-0.3, -0.25) is 0 Å². The molecular weight excluding hydrogens is 267 g/mol. The second-order valence-corrected chi connectivity index (χ2v) is 4.84. The monoisotopic (exact) mass is 288 g/mol. The SMILES string of the molecule is CCCCNc1cc(NCCc2ccccc2F)ncn1. The summed E-state index contributed by atoms with van der Waals surface area (Å²) in [5, 5.41) is 6.45. The van der Waals surface area contributed by atoms with E-state index in [1.165, 1.54) is 12.4 Å². The van der Waals surface area contributed by atoms with Crippen LogP contribution < -0.4 is 10.6 Å². The number of anilines is 2. The Morgan fingerprint density at radius 3 is 2.48 bits per heavy atom. The molecular formula is C16H21FN4. The van der Waals surface area contributed by atoms with Crippen molar-refractivity contribution in [2.75, 3.05) is 23.7 Å². The highest BCUT2D eigenvalue weighted by Gasteiger charge is 2.01. The fourth-order valence-electron chi connectivity index (χ4n) is 1.97. The van der Waals surface area contributed by atoms with Crippen LogP contribution in [0.2, 0.25) is 0 Å². The number of aromatic nitrogens is 2. The Morgan fingerprint density at radius 2 is 1.76 bits per heavy atom. The van der Waals surface area contributed by atoms with Crippen molar-refractivity contribution < 1.29 is 4.39 Å². The van der Waals surface area contributed by atoms with Crippen molar-refractivity contribution >= 4 is 11.6 Å². The van der Waals surface area contributed by atoms with Crippen LogP contribution >= 0.6 is 0 Å². The van der Waals surface area contributed by atoms with Gasteiger partial charge >= 0.3 is 0 Å². The summed E-state index contributed by atoms with van der Waals surface area (Å²) in [6.07, 6.45) is 4.40. The molecule has 1 aromatic heterocycles. The summed E-state index contributed by atoms with van der Waals surface area (Å²) < 4.78 is 13.5. The predicted octanol–water partition coefficient (Wildman–Crippen LogP) is 3.48. The first-order chi connectivity index (χ1) is 10.3. The number of rotatable bonds is 8. The van der Waals surface area contributed by atoms with E-state index in [1.807, 2.05) is 12.1 Å². The van der Waals surface area contributed by atoms with E-state index >= 15 is 0 Å². The summed E-state index contributed by atoms with van der Waals surface area (Å²) >= 11 is 0. The Balaban J connectivity index is 1.83. The summed E-state index contributed by atoms with van der Waals surface area (Å²) in [4.78, 5) is 8.33. The van der Waals surface area contributed by atoms with Gasteiger partial charge < -0.3 is 10.6 Å². The quantitative estimate of drug-likeness (QED) is 0.730. The van der Waals surface area contributed by atoms with Crippen molar-refractivity contribution in [1.82, 2.24) is 9.97 Å². The van der Waals surface area contributed by atoms with Crippen LogP contribution in [0.4, 0.5) is 16.0 Å². The predicted molar refractivity (Wildman–Crippen MR) is 84.0 cm³/mol. The fraction of sp³-hybridized carbons (Fsp3) is 0.375. The van der Waals surface area contributed by atoms with E-state index in [1.54, 1.807) is 12.1 Å². The summed E-state index contributed by atoms with van der Waals surface area (Å²) in [5.41, 5.74) is 0.709. The molecule has 5 heteroatoms. The molecule has 0 unspecified atom stereocenters. The molecule has 0 atom stereocenters. The van der Waals surface area contributed by atoms with Crippen LogP contribution in [0.25, 0.3) is 0 Å². The van der Waals surface area contributed by atoms with Gasteiger partial charge in [0.05, 0.1) is 0 Å². The third kappa shape index (κ3) is 5.02. The number of halogens is 1. The second kappa shape index (κ2) is 8.19. The second-order valence-electron chi connectivity index (χ2n) is 4.84. The van der Waals surface area contributed by atoms with E-state index < -0.39 is 0 Å². The lowest BCUT2D eigenvalue weighted by atomic mass is 10.1. The molecule has 0 saturated heterocycles. The van der Waals surface area contributed by atoms with Crippen LogP contribution in [-0.4, -0.2) is 23.1 Å². The van der Waals surface area contributed by atoms with Crippen molar-refractivity contribution in [2.45, 2.75) is 26.2 Å². The summed E-state index contributed by atoms with van der Waals surface area (Å²) in [7, 11) is 0. The molecule has 0 spiro atoms. The van der Waals surface area contributed by atoms with Crippen LogP contribution in [0.5, 0.6) is 0 Å². The zero-order valence-electron chi connectivity index (χ0n) is 12.3. The van der Waals surface area contributed by atoms with Gasteiger partial charge in [0, 0.05) is 19.2 Å². The maximum absolute atomic E-state index is 13.5. The van der Waals surface area contributed by atoms with Crippen LogP contribution in [0.15, 0.2) is 36.7 Å². The highest BCUT2D eigenvalue weighted by atomic mass is 19.1. The Morgan fingerprint density at radius 1 is 1.05 bits per heavy atom. The minimum atomic E-state index is -0.163. The molecule has 4 nitrogen and oxygen atoms in total. The van der Waals surface area contributed by atoms with Crippen molar-refractivity contribution in [3.05, 3.63) is 48.0 Å². The molecule has 21 heavy (non-hydrogen) atoms. The Labute approximate surface area is 124 Å². The molecule has 0 aliphatic carbocycles. The lowest BCUT2D eigenvalue weighted by molar-refractivity contribution is 0.610. The molecule has 0 amide bonds. The first kappa shape index (κ1) is 15.2. The standard InChI is InChI=1S/C16H21FN4/c1-2-3-9-18-15-11-16(21-12-20-15)19-10-8-13-6-4-5-7-14(13)17/h4-7,11-12H,2-3,8-10H2,1H3,(H2,18,19,20,21). The smallest absolute Gasteiger partial charge is 0.131 e. The molecule has 0 aliphatic rings. The van der Waals surface area contributed by atoms with E-state index in [0.717, 1.165) is 31.0 Å². The third-order valence-corrected chi connectivity index (χ3v) is 3.16. The molecule has 0 radical (unpaired) electrons. The maximum atomic E-state index is 13.5. The van der Waals surface area contributed by atoms with Gasteiger partial charge in [-0.15, -0.1) is 0 Å². The van der Waals surface area contributed by atoms with Gasteiger partial charge in [-0.25, -0.2) is 14.4 Å². The molecule has 0 bridgehead atoms. The molecule has 2 rings (SSSR count). The maximum Gasteiger partial charge on any atom is 0.131 e. The van der Waals surface area contributed by atoms with Crippen molar-refractivity contribution in [3.8, 4) is 0 Å². The summed E-state index contributed by atoms with van der Waals surface area (Å²) in [6.45, 7) is 3.69. The Bertz CT molecular complexity index is 559.